The first-order valence-corrected chi connectivity index (χ1v) is 9.13. The number of aryl methyl sites for hydroxylation is 1. The normalized spacial score (nSPS) is 28.5. The Hall–Kier alpha value is -1.25. The largest absolute Gasteiger partial charge is 0.345 e. The maximum atomic E-state index is 13.0. The Balaban J connectivity index is 1.53. The van der Waals surface area contributed by atoms with Crippen LogP contribution in [-0.2, 0) is 0 Å². The third-order valence-electron chi connectivity index (χ3n) is 6.21. The van der Waals surface area contributed by atoms with Gasteiger partial charge in [-0.15, -0.1) is 0 Å². The second-order valence-electron chi connectivity index (χ2n) is 7.73. The van der Waals surface area contributed by atoms with Crippen molar-refractivity contribution >= 4 is 5.91 Å². The summed E-state index contributed by atoms with van der Waals surface area (Å²) in [6, 6.07) is 2.79. The Kier molecular flexibility index (Phi) is 3.54. The van der Waals surface area contributed by atoms with E-state index in [0.717, 1.165) is 30.5 Å². The molecule has 0 spiro atoms. The Bertz CT molecular complexity index is 585. The molecule has 0 bridgehead atoms. The number of fused-ring (bicyclic) bond motifs is 1. The van der Waals surface area contributed by atoms with Gasteiger partial charge in [-0.05, 0) is 57.4 Å². The number of carbonyl (C=O) groups is 1. The molecule has 3 heteroatoms. The number of likely N-dealkylation sites (tertiary alicyclic amines) is 1. The van der Waals surface area contributed by atoms with Crippen LogP contribution in [-0.4, -0.2) is 28.5 Å². The minimum atomic E-state index is 0.282. The van der Waals surface area contributed by atoms with Crippen LogP contribution in [0.15, 0.2) is 6.07 Å². The summed E-state index contributed by atoms with van der Waals surface area (Å²) in [4.78, 5) is 15.2. The monoisotopic (exact) mass is 300 g/mol. The lowest BCUT2D eigenvalue weighted by atomic mass is 9.75. The van der Waals surface area contributed by atoms with Crippen LogP contribution in [0.4, 0.5) is 0 Å². The number of hydrogen-bond donors (Lipinski definition) is 0. The molecule has 3 nitrogen and oxygen atoms in total. The molecule has 0 aromatic carbocycles. The SMILES string of the molecule is Cc1cc(C(=O)N2CC[C@H]3CCCC[C@@H]3C2)c(C)n1C1CC1. The molecule has 1 saturated heterocycles. The van der Waals surface area contributed by atoms with E-state index < -0.39 is 0 Å². The van der Waals surface area contributed by atoms with Gasteiger partial charge in [-0.1, -0.05) is 19.3 Å². The van der Waals surface area contributed by atoms with Gasteiger partial charge in [0.05, 0.1) is 5.56 Å². The van der Waals surface area contributed by atoms with Gasteiger partial charge in [-0.2, -0.15) is 0 Å². The fourth-order valence-electron chi connectivity index (χ4n) is 4.84. The first-order valence-electron chi connectivity index (χ1n) is 9.13. The van der Waals surface area contributed by atoms with Crippen molar-refractivity contribution in [1.82, 2.24) is 9.47 Å². The van der Waals surface area contributed by atoms with Gasteiger partial charge in [0.15, 0.2) is 0 Å². The second kappa shape index (κ2) is 5.43. The number of aromatic nitrogens is 1. The van der Waals surface area contributed by atoms with E-state index in [4.69, 9.17) is 0 Å². The molecule has 1 aromatic rings. The molecule has 3 aliphatic rings. The van der Waals surface area contributed by atoms with E-state index >= 15 is 0 Å². The standard InChI is InChI=1S/C19H28N2O/c1-13-11-18(14(2)21(13)17-7-8-17)19(22)20-10-9-15-5-3-4-6-16(15)12-20/h11,15-17H,3-10,12H2,1-2H3/t15-,16-/m1/s1. The zero-order valence-corrected chi connectivity index (χ0v) is 14.0. The summed E-state index contributed by atoms with van der Waals surface area (Å²) >= 11 is 0. The molecule has 22 heavy (non-hydrogen) atoms. The van der Waals surface area contributed by atoms with Gasteiger partial charge < -0.3 is 9.47 Å². The molecule has 1 aliphatic heterocycles. The number of piperidine rings is 1. The molecule has 2 saturated carbocycles. The van der Waals surface area contributed by atoms with Gasteiger partial charge in [0.2, 0.25) is 0 Å². The Labute approximate surface area is 133 Å². The van der Waals surface area contributed by atoms with E-state index in [0.29, 0.717) is 6.04 Å². The van der Waals surface area contributed by atoms with Crippen molar-refractivity contribution in [2.75, 3.05) is 13.1 Å². The summed E-state index contributed by atoms with van der Waals surface area (Å²) < 4.78 is 2.39. The third-order valence-corrected chi connectivity index (χ3v) is 6.21. The highest BCUT2D eigenvalue weighted by atomic mass is 16.2. The van der Waals surface area contributed by atoms with Crippen molar-refractivity contribution in [3.05, 3.63) is 23.0 Å². The van der Waals surface area contributed by atoms with Crippen LogP contribution in [0.25, 0.3) is 0 Å². The third kappa shape index (κ3) is 2.39. The fraction of sp³-hybridized carbons (Fsp3) is 0.737. The van der Waals surface area contributed by atoms with Crippen molar-refractivity contribution in [2.24, 2.45) is 11.8 Å². The molecule has 120 valence electrons. The van der Waals surface area contributed by atoms with E-state index in [9.17, 15) is 4.79 Å². The highest BCUT2D eigenvalue weighted by Gasteiger charge is 2.35. The van der Waals surface area contributed by atoms with Crippen molar-refractivity contribution in [2.45, 2.75) is 64.8 Å². The number of hydrogen-bond acceptors (Lipinski definition) is 1. The number of rotatable bonds is 2. The lowest BCUT2D eigenvalue weighted by molar-refractivity contribution is 0.0520. The molecule has 2 aliphatic carbocycles. The maximum Gasteiger partial charge on any atom is 0.255 e. The number of carbonyl (C=O) groups excluding carboxylic acids is 1. The fourth-order valence-corrected chi connectivity index (χ4v) is 4.84. The van der Waals surface area contributed by atoms with Crippen LogP contribution in [0.5, 0.6) is 0 Å². The topological polar surface area (TPSA) is 25.2 Å². The molecule has 3 fully saturated rings. The predicted molar refractivity (Wildman–Crippen MR) is 88.1 cm³/mol. The van der Waals surface area contributed by atoms with Crippen LogP contribution in [0.3, 0.4) is 0 Å². The van der Waals surface area contributed by atoms with Gasteiger partial charge >= 0.3 is 0 Å². The lowest BCUT2D eigenvalue weighted by Crippen LogP contribution is -2.44. The highest BCUT2D eigenvalue weighted by Crippen LogP contribution is 2.39. The Morgan fingerprint density at radius 3 is 2.50 bits per heavy atom. The summed E-state index contributed by atoms with van der Waals surface area (Å²) in [6.07, 6.45) is 9.25. The molecule has 0 radical (unpaired) electrons. The average molecular weight is 300 g/mol. The summed E-state index contributed by atoms with van der Waals surface area (Å²) in [5.41, 5.74) is 3.41. The minimum Gasteiger partial charge on any atom is -0.345 e. The summed E-state index contributed by atoms with van der Waals surface area (Å²) in [5.74, 6) is 1.93. The molecule has 0 unspecified atom stereocenters. The smallest absolute Gasteiger partial charge is 0.255 e. The molecule has 1 amide bonds. The Morgan fingerprint density at radius 2 is 1.77 bits per heavy atom. The second-order valence-corrected chi connectivity index (χ2v) is 7.73. The van der Waals surface area contributed by atoms with Crippen molar-refractivity contribution in [3.8, 4) is 0 Å². The summed E-state index contributed by atoms with van der Waals surface area (Å²) in [7, 11) is 0. The van der Waals surface area contributed by atoms with Crippen LogP contribution >= 0.6 is 0 Å². The number of amides is 1. The van der Waals surface area contributed by atoms with Crippen molar-refractivity contribution in [3.63, 3.8) is 0 Å². The molecular formula is C19H28N2O. The highest BCUT2D eigenvalue weighted by molar-refractivity contribution is 5.95. The average Bonchev–Trinajstić information content (AvgIpc) is 3.32. The van der Waals surface area contributed by atoms with Crippen molar-refractivity contribution < 1.29 is 4.79 Å². The molecule has 1 aromatic heterocycles. The zero-order valence-electron chi connectivity index (χ0n) is 14.0. The summed E-state index contributed by atoms with van der Waals surface area (Å²) in [5, 5.41) is 0. The maximum absolute atomic E-state index is 13.0. The van der Waals surface area contributed by atoms with Gasteiger partial charge in [-0.3, -0.25) is 4.79 Å². The van der Waals surface area contributed by atoms with E-state index in [1.165, 1.54) is 56.3 Å². The van der Waals surface area contributed by atoms with Gasteiger partial charge in [0, 0.05) is 30.5 Å². The first kappa shape index (κ1) is 14.3. The van der Waals surface area contributed by atoms with Gasteiger partial charge in [-0.25, -0.2) is 0 Å². The van der Waals surface area contributed by atoms with E-state index in [2.05, 4.69) is 29.4 Å². The first-order chi connectivity index (χ1) is 10.6. The molecule has 2 heterocycles. The van der Waals surface area contributed by atoms with Crippen LogP contribution in [0, 0.1) is 25.7 Å². The van der Waals surface area contributed by atoms with Gasteiger partial charge in [0.25, 0.3) is 5.91 Å². The summed E-state index contributed by atoms with van der Waals surface area (Å²) in [6.45, 7) is 6.24. The number of nitrogens with zero attached hydrogens (tertiary/aromatic N) is 2. The van der Waals surface area contributed by atoms with Gasteiger partial charge in [0.1, 0.15) is 0 Å². The Morgan fingerprint density at radius 1 is 1.05 bits per heavy atom. The van der Waals surface area contributed by atoms with Crippen LogP contribution in [0.1, 0.15) is 72.7 Å². The molecule has 4 rings (SSSR count). The van der Waals surface area contributed by atoms with E-state index in [1.807, 2.05) is 0 Å². The van der Waals surface area contributed by atoms with Crippen LogP contribution < -0.4 is 0 Å². The van der Waals surface area contributed by atoms with Crippen molar-refractivity contribution in [1.29, 1.82) is 0 Å². The predicted octanol–water partition coefficient (Wildman–Crippen LogP) is 4.09. The molecular weight excluding hydrogens is 272 g/mol. The van der Waals surface area contributed by atoms with E-state index in [1.54, 1.807) is 0 Å². The van der Waals surface area contributed by atoms with E-state index in [-0.39, 0.29) is 5.91 Å². The minimum absolute atomic E-state index is 0.282. The zero-order chi connectivity index (χ0) is 15.3. The lowest BCUT2D eigenvalue weighted by Gasteiger charge is -2.41. The molecule has 0 N–H and O–H groups in total. The van der Waals surface area contributed by atoms with Crippen LogP contribution in [0.2, 0.25) is 0 Å². The molecule has 2 atom stereocenters. The quantitative estimate of drug-likeness (QED) is 0.807.